The number of thioether (sulfide) groups is 1. The zero-order valence-electron chi connectivity index (χ0n) is 6.70. The van der Waals surface area contributed by atoms with Crippen molar-refractivity contribution in [2.45, 2.75) is 6.92 Å². The Morgan fingerprint density at radius 2 is 2.00 bits per heavy atom. The minimum atomic E-state index is -3.36. The van der Waals surface area contributed by atoms with Gasteiger partial charge < -0.3 is 0 Å². The first kappa shape index (κ1) is 10.8. The van der Waals surface area contributed by atoms with Gasteiger partial charge in [-0.05, 0) is 6.26 Å². The molecule has 0 saturated heterocycles. The lowest BCUT2D eigenvalue weighted by molar-refractivity contribution is -0.123. The average Bonchev–Trinajstić information content (AvgIpc) is 1.79. The molecular weight excluding hydrogens is 186 g/mol. The third-order valence-electron chi connectivity index (χ3n) is 0.998. The van der Waals surface area contributed by atoms with E-state index in [2.05, 4.69) is 0 Å². The van der Waals surface area contributed by atoms with Crippen molar-refractivity contribution >= 4 is 27.7 Å². The molecule has 4 nitrogen and oxygen atoms in total. The quantitative estimate of drug-likeness (QED) is 0.603. The van der Waals surface area contributed by atoms with Crippen LogP contribution in [0.25, 0.3) is 0 Å². The SMILES string of the molecule is CSCN(C(C)=O)S(C)(=O)=O. The second kappa shape index (κ2) is 3.96. The fraction of sp³-hybridized carbons (Fsp3) is 0.800. The molecule has 6 heteroatoms. The number of carbonyl (C=O) groups is 1. The zero-order chi connectivity index (χ0) is 9.07. The van der Waals surface area contributed by atoms with E-state index in [1.165, 1.54) is 18.7 Å². The van der Waals surface area contributed by atoms with Crippen molar-refractivity contribution in [3.63, 3.8) is 0 Å². The van der Waals surface area contributed by atoms with E-state index in [9.17, 15) is 13.2 Å². The minimum absolute atomic E-state index is 0.189. The molecule has 0 spiro atoms. The van der Waals surface area contributed by atoms with E-state index >= 15 is 0 Å². The Kier molecular flexibility index (Phi) is 3.88. The van der Waals surface area contributed by atoms with Gasteiger partial charge in [0.05, 0.1) is 12.1 Å². The number of hydrogen-bond donors (Lipinski definition) is 0. The lowest BCUT2D eigenvalue weighted by Gasteiger charge is -2.16. The minimum Gasteiger partial charge on any atom is -0.274 e. The second-order valence-electron chi connectivity index (χ2n) is 2.05. The highest BCUT2D eigenvalue weighted by Gasteiger charge is 2.17. The highest BCUT2D eigenvalue weighted by Crippen LogP contribution is 2.04. The predicted octanol–water partition coefficient (Wildman–Crippen LogP) is 0.115. The normalized spacial score (nSPS) is 11.2. The Balaban J connectivity index is 4.49. The van der Waals surface area contributed by atoms with Gasteiger partial charge in [0.1, 0.15) is 0 Å². The standard InChI is InChI=1S/C5H11NO3S2/c1-5(7)6(4-10-2)11(3,8)9/h4H2,1-3H3. The molecule has 0 N–H and O–H groups in total. The molecule has 0 fully saturated rings. The van der Waals surface area contributed by atoms with E-state index in [-0.39, 0.29) is 5.88 Å². The van der Waals surface area contributed by atoms with Crippen LogP contribution >= 0.6 is 11.8 Å². The number of amides is 1. The molecule has 0 heterocycles. The van der Waals surface area contributed by atoms with Crippen molar-refractivity contribution in [3.8, 4) is 0 Å². The highest BCUT2D eigenvalue weighted by molar-refractivity contribution is 7.99. The summed E-state index contributed by atoms with van der Waals surface area (Å²) in [6.45, 7) is 1.23. The van der Waals surface area contributed by atoms with Crippen LogP contribution in [-0.2, 0) is 14.8 Å². The number of carbonyl (C=O) groups excluding carboxylic acids is 1. The van der Waals surface area contributed by atoms with Crippen LogP contribution in [0, 0.1) is 0 Å². The topological polar surface area (TPSA) is 54.5 Å². The lowest BCUT2D eigenvalue weighted by Crippen LogP contribution is -2.33. The molecule has 0 atom stereocenters. The van der Waals surface area contributed by atoms with E-state index in [4.69, 9.17) is 0 Å². The predicted molar refractivity (Wildman–Crippen MR) is 45.7 cm³/mol. The molecule has 0 bridgehead atoms. The molecule has 0 aliphatic heterocycles. The Bertz CT molecular complexity index is 234. The van der Waals surface area contributed by atoms with E-state index in [1.54, 1.807) is 6.26 Å². The molecule has 0 rings (SSSR count). The monoisotopic (exact) mass is 197 g/mol. The van der Waals surface area contributed by atoms with Crippen LogP contribution in [0.2, 0.25) is 0 Å². The van der Waals surface area contributed by atoms with Gasteiger partial charge in [0.25, 0.3) is 0 Å². The molecule has 0 radical (unpaired) electrons. The summed E-state index contributed by atoms with van der Waals surface area (Å²) in [5, 5.41) is 0. The second-order valence-corrected chi connectivity index (χ2v) is 4.79. The third kappa shape index (κ3) is 3.62. The lowest BCUT2D eigenvalue weighted by atomic mass is 10.7. The molecule has 0 aliphatic carbocycles. The van der Waals surface area contributed by atoms with Crippen LogP contribution in [0.1, 0.15) is 6.92 Å². The first-order valence-corrected chi connectivity index (χ1v) is 6.11. The Morgan fingerprint density at radius 3 is 2.09 bits per heavy atom. The molecule has 11 heavy (non-hydrogen) atoms. The van der Waals surface area contributed by atoms with Gasteiger partial charge in [-0.25, -0.2) is 12.7 Å². The van der Waals surface area contributed by atoms with E-state index in [0.717, 1.165) is 10.6 Å². The Hall–Kier alpha value is -0.230. The Labute approximate surface area is 71.0 Å². The smallest absolute Gasteiger partial charge is 0.235 e. The van der Waals surface area contributed by atoms with Crippen LogP contribution < -0.4 is 0 Å². The number of nitrogens with zero attached hydrogens (tertiary/aromatic N) is 1. The molecular formula is C5H11NO3S2. The summed E-state index contributed by atoms with van der Waals surface area (Å²) in [4.78, 5) is 10.7. The number of rotatable bonds is 3. The maximum absolute atomic E-state index is 10.9. The summed E-state index contributed by atoms with van der Waals surface area (Å²) in [7, 11) is -3.36. The fourth-order valence-electron chi connectivity index (χ4n) is 0.537. The van der Waals surface area contributed by atoms with Gasteiger partial charge in [-0.15, -0.1) is 11.8 Å². The molecule has 0 saturated carbocycles. The van der Waals surface area contributed by atoms with E-state index < -0.39 is 15.9 Å². The van der Waals surface area contributed by atoms with Crippen molar-refractivity contribution in [2.24, 2.45) is 0 Å². The summed E-state index contributed by atoms with van der Waals surface area (Å²) >= 11 is 1.29. The van der Waals surface area contributed by atoms with Gasteiger partial charge in [0, 0.05) is 6.92 Å². The molecule has 0 aromatic carbocycles. The molecule has 0 unspecified atom stereocenters. The average molecular weight is 197 g/mol. The van der Waals surface area contributed by atoms with Crippen LogP contribution in [0.4, 0.5) is 0 Å². The summed E-state index contributed by atoms with van der Waals surface area (Å²) in [5.74, 6) is -0.254. The van der Waals surface area contributed by atoms with Crippen molar-refractivity contribution in [1.29, 1.82) is 0 Å². The van der Waals surface area contributed by atoms with Crippen LogP contribution in [0.5, 0.6) is 0 Å². The van der Waals surface area contributed by atoms with Crippen LogP contribution in [-0.4, -0.2) is 37.0 Å². The summed E-state index contributed by atoms with van der Waals surface area (Å²) in [5.41, 5.74) is 0. The molecule has 0 aromatic heterocycles. The summed E-state index contributed by atoms with van der Waals surface area (Å²) < 4.78 is 22.5. The molecule has 0 aromatic rings. The maximum atomic E-state index is 10.9. The van der Waals surface area contributed by atoms with Gasteiger partial charge in [0.15, 0.2) is 0 Å². The van der Waals surface area contributed by atoms with Crippen molar-refractivity contribution < 1.29 is 13.2 Å². The Morgan fingerprint density at radius 1 is 1.55 bits per heavy atom. The first-order chi connectivity index (χ1) is 4.89. The van der Waals surface area contributed by atoms with E-state index in [0.29, 0.717) is 0 Å². The van der Waals surface area contributed by atoms with Crippen molar-refractivity contribution in [2.75, 3.05) is 18.4 Å². The first-order valence-electron chi connectivity index (χ1n) is 2.87. The van der Waals surface area contributed by atoms with Crippen molar-refractivity contribution in [1.82, 2.24) is 4.31 Å². The third-order valence-corrected chi connectivity index (χ3v) is 2.86. The van der Waals surface area contributed by atoms with Gasteiger partial charge in [0.2, 0.25) is 15.9 Å². The summed E-state index contributed by atoms with van der Waals surface area (Å²) in [6.07, 6.45) is 2.76. The van der Waals surface area contributed by atoms with Gasteiger partial charge in [-0.2, -0.15) is 0 Å². The summed E-state index contributed by atoms with van der Waals surface area (Å²) in [6, 6.07) is 0. The highest BCUT2D eigenvalue weighted by atomic mass is 32.2. The molecule has 1 amide bonds. The number of hydrogen-bond acceptors (Lipinski definition) is 4. The fourth-order valence-corrected chi connectivity index (χ4v) is 2.50. The van der Waals surface area contributed by atoms with Crippen molar-refractivity contribution in [3.05, 3.63) is 0 Å². The van der Waals surface area contributed by atoms with Gasteiger partial charge in [-0.3, -0.25) is 4.79 Å². The van der Waals surface area contributed by atoms with Crippen LogP contribution in [0.3, 0.4) is 0 Å². The zero-order valence-corrected chi connectivity index (χ0v) is 8.33. The van der Waals surface area contributed by atoms with Gasteiger partial charge in [-0.1, -0.05) is 0 Å². The largest absolute Gasteiger partial charge is 0.274 e. The van der Waals surface area contributed by atoms with Gasteiger partial charge >= 0.3 is 0 Å². The number of sulfonamides is 1. The molecule has 0 aliphatic rings. The maximum Gasteiger partial charge on any atom is 0.235 e. The van der Waals surface area contributed by atoms with E-state index in [1.807, 2.05) is 0 Å². The van der Waals surface area contributed by atoms with Crippen LogP contribution in [0.15, 0.2) is 0 Å². The molecule has 66 valence electrons.